The summed E-state index contributed by atoms with van der Waals surface area (Å²) in [4.78, 5) is 1.19. The number of thiocarbonyl (C=S) groups is 1. The molecule has 0 aromatic rings. The average Bonchev–Trinajstić information content (AvgIpc) is 2.63. The maximum atomic E-state index is 5.96. The summed E-state index contributed by atoms with van der Waals surface area (Å²) in [5.74, 6) is 2.15. The molecule has 0 spiro atoms. The van der Waals surface area contributed by atoms with Gasteiger partial charge in [-0.05, 0) is 64.5 Å². The number of allylic oxidation sites excluding steroid dienone is 3. The molecule has 0 radical (unpaired) electrons. The van der Waals surface area contributed by atoms with Crippen molar-refractivity contribution in [2.24, 2.45) is 40.4 Å². The molecule has 0 heterocycles. The molecule has 0 aliphatic carbocycles. The van der Waals surface area contributed by atoms with Crippen LogP contribution in [0, 0.1) is 40.4 Å². The molecule has 0 aromatic carbocycles. The van der Waals surface area contributed by atoms with Crippen molar-refractivity contribution in [1.82, 2.24) is 0 Å². The van der Waals surface area contributed by atoms with Crippen LogP contribution in [0.1, 0.15) is 88.5 Å². The highest BCUT2D eigenvalue weighted by atomic mass is 32.1. The molecular formula is C27H48S. The molecule has 0 amide bonds. The molecule has 0 rings (SSSR count). The maximum Gasteiger partial charge on any atom is -0.000912 e. The Morgan fingerprint density at radius 1 is 0.857 bits per heavy atom. The third-order valence-electron chi connectivity index (χ3n) is 7.39. The van der Waals surface area contributed by atoms with E-state index in [2.05, 4.69) is 89.0 Å². The summed E-state index contributed by atoms with van der Waals surface area (Å²) in [6.07, 6.45) is 5.33. The summed E-state index contributed by atoms with van der Waals surface area (Å²) in [5.41, 5.74) is 2.95. The van der Waals surface area contributed by atoms with Crippen LogP contribution in [0.4, 0.5) is 0 Å². The van der Waals surface area contributed by atoms with Crippen molar-refractivity contribution in [3.63, 3.8) is 0 Å². The Bertz CT molecular complexity index is 563. The number of hydrogen-bond donors (Lipinski definition) is 0. The molecule has 0 fully saturated rings. The molecule has 1 heteroatoms. The molecule has 0 aromatic heterocycles. The molecule has 0 nitrogen and oxygen atoms in total. The molecule has 0 saturated carbocycles. The van der Waals surface area contributed by atoms with Crippen molar-refractivity contribution < 1.29 is 0 Å². The first-order valence-electron chi connectivity index (χ1n) is 11.2. The van der Waals surface area contributed by atoms with E-state index in [1.165, 1.54) is 16.0 Å². The highest BCUT2D eigenvalue weighted by Crippen LogP contribution is 2.41. The standard InChI is InChI=1S/C27H48S/c1-14-18(3)17-27(12,13)23(8)19(4)16-20(5)25(28)22(7)21(6)24(9)26(10,11)15-2/h14,18-22H,1,8-9,15-17H2,2-7,10-13H3. The molecule has 0 saturated heterocycles. The van der Waals surface area contributed by atoms with E-state index in [1.807, 2.05) is 6.08 Å². The van der Waals surface area contributed by atoms with Crippen LogP contribution in [0.2, 0.25) is 0 Å². The van der Waals surface area contributed by atoms with Crippen LogP contribution in [-0.4, -0.2) is 4.86 Å². The normalized spacial score (nSPS) is 17.9. The first kappa shape index (κ1) is 27.3. The van der Waals surface area contributed by atoms with Gasteiger partial charge in [-0.2, -0.15) is 0 Å². The van der Waals surface area contributed by atoms with E-state index in [0.717, 1.165) is 19.3 Å². The average molecular weight is 405 g/mol. The van der Waals surface area contributed by atoms with Gasteiger partial charge in [0.15, 0.2) is 0 Å². The highest BCUT2D eigenvalue weighted by molar-refractivity contribution is 7.80. The maximum absolute atomic E-state index is 5.96. The fourth-order valence-corrected chi connectivity index (χ4v) is 4.62. The quantitative estimate of drug-likeness (QED) is 0.218. The van der Waals surface area contributed by atoms with Gasteiger partial charge in [-0.3, -0.25) is 0 Å². The molecule has 0 N–H and O–H groups in total. The molecule has 0 bridgehead atoms. The van der Waals surface area contributed by atoms with Crippen molar-refractivity contribution in [3.8, 4) is 0 Å². The number of hydrogen-bond acceptors (Lipinski definition) is 1. The van der Waals surface area contributed by atoms with E-state index in [9.17, 15) is 0 Å². The Hall–Kier alpha value is -0.690. The van der Waals surface area contributed by atoms with Crippen LogP contribution in [0.5, 0.6) is 0 Å². The molecule has 0 aliphatic rings. The van der Waals surface area contributed by atoms with Gasteiger partial charge in [0.1, 0.15) is 0 Å². The number of rotatable bonds is 13. The van der Waals surface area contributed by atoms with E-state index in [-0.39, 0.29) is 10.8 Å². The van der Waals surface area contributed by atoms with E-state index < -0.39 is 0 Å². The molecular weight excluding hydrogens is 356 g/mol. The second-order valence-electron chi connectivity index (χ2n) is 10.6. The predicted molar refractivity (Wildman–Crippen MR) is 134 cm³/mol. The zero-order valence-electron chi connectivity index (χ0n) is 20.6. The van der Waals surface area contributed by atoms with Gasteiger partial charge in [0.25, 0.3) is 0 Å². The van der Waals surface area contributed by atoms with Crippen molar-refractivity contribution in [1.29, 1.82) is 0 Å². The molecule has 0 aliphatic heterocycles. The molecule has 162 valence electrons. The first-order valence-corrected chi connectivity index (χ1v) is 11.6. The highest BCUT2D eigenvalue weighted by Gasteiger charge is 2.32. The Labute approximate surface area is 183 Å². The van der Waals surface area contributed by atoms with Gasteiger partial charge in [0.2, 0.25) is 0 Å². The lowest BCUT2D eigenvalue weighted by Gasteiger charge is -2.36. The van der Waals surface area contributed by atoms with Crippen molar-refractivity contribution in [2.75, 3.05) is 0 Å². The second kappa shape index (κ2) is 10.9. The molecule has 5 atom stereocenters. The summed E-state index contributed by atoms with van der Waals surface area (Å²) in [5, 5.41) is 0. The fraction of sp³-hybridized carbons (Fsp3) is 0.741. The fourth-order valence-electron chi connectivity index (χ4n) is 4.32. The minimum Gasteiger partial charge on any atom is -0.103 e. The SMILES string of the molecule is C=CC(C)CC(C)(C)C(=C)C(C)CC(C)C(=S)C(C)C(C)C(=C)C(C)(C)CC. The Morgan fingerprint density at radius 3 is 1.79 bits per heavy atom. The van der Waals surface area contributed by atoms with Crippen LogP contribution < -0.4 is 0 Å². The Balaban J connectivity index is 5.07. The third kappa shape index (κ3) is 7.29. The monoisotopic (exact) mass is 404 g/mol. The van der Waals surface area contributed by atoms with E-state index in [1.54, 1.807) is 0 Å². The summed E-state index contributed by atoms with van der Waals surface area (Å²) < 4.78 is 0. The second-order valence-corrected chi connectivity index (χ2v) is 11.1. The topological polar surface area (TPSA) is 0 Å². The van der Waals surface area contributed by atoms with Gasteiger partial charge in [-0.25, -0.2) is 0 Å². The molecule has 5 unspecified atom stereocenters. The van der Waals surface area contributed by atoms with E-state index >= 15 is 0 Å². The Kier molecular flexibility index (Phi) is 10.6. The zero-order chi connectivity index (χ0) is 22.4. The Morgan fingerprint density at radius 2 is 1.36 bits per heavy atom. The van der Waals surface area contributed by atoms with Crippen molar-refractivity contribution in [3.05, 3.63) is 37.0 Å². The van der Waals surface area contributed by atoms with Crippen molar-refractivity contribution >= 4 is 17.1 Å². The van der Waals surface area contributed by atoms with Crippen LogP contribution in [-0.2, 0) is 0 Å². The lowest BCUT2D eigenvalue weighted by atomic mass is 9.69. The predicted octanol–water partition coefficient (Wildman–Crippen LogP) is 9.08. The minimum absolute atomic E-state index is 0.118. The minimum atomic E-state index is 0.118. The summed E-state index contributed by atoms with van der Waals surface area (Å²) in [6, 6.07) is 0. The van der Waals surface area contributed by atoms with E-state index in [0.29, 0.717) is 29.6 Å². The van der Waals surface area contributed by atoms with Gasteiger partial charge >= 0.3 is 0 Å². The zero-order valence-corrected chi connectivity index (χ0v) is 21.4. The van der Waals surface area contributed by atoms with Gasteiger partial charge in [0, 0.05) is 0 Å². The van der Waals surface area contributed by atoms with Gasteiger partial charge in [-0.15, -0.1) is 6.58 Å². The summed E-state index contributed by atoms with van der Waals surface area (Å²) in [6.45, 7) is 35.8. The van der Waals surface area contributed by atoms with Gasteiger partial charge in [-0.1, -0.05) is 112 Å². The van der Waals surface area contributed by atoms with E-state index in [4.69, 9.17) is 12.2 Å². The van der Waals surface area contributed by atoms with Crippen LogP contribution in [0.25, 0.3) is 0 Å². The first-order chi connectivity index (χ1) is 12.6. The van der Waals surface area contributed by atoms with Crippen LogP contribution >= 0.6 is 12.2 Å². The summed E-state index contributed by atoms with van der Waals surface area (Å²) >= 11 is 5.96. The van der Waals surface area contributed by atoms with Crippen LogP contribution in [0.15, 0.2) is 37.0 Å². The summed E-state index contributed by atoms with van der Waals surface area (Å²) in [7, 11) is 0. The largest absolute Gasteiger partial charge is 0.103 e. The lowest BCUT2D eigenvalue weighted by molar-refractivity contribution is 0.319. The third-order valence-corrected chi connectivity index (χ3v) is 8.17. The van der Waals surface area contributed by atoms with Crippen LogP contribution in [0.3, 0.4) is 0 Å². The van der Waals surface area contributed by atoms with Crippen molar-refractivity contribution in [2.45, 2.75) is 88.5 Å². The van der Waals surface area contributed by atoms with Gasteiger partial charge < -0.3 is 0 Å². The molecule has 28 heavy (non-hydrogen) atoms. The smallest absolute Gasteiger partial charge is 0.000912 e. The lowest BCUT2D eigenvalue weighted by Crippen LogP contribution is -2.30. The van der Waals surface area contributed by atoms with Gasteiger partial charge in [0.05, 0.1) is 0 Å².